The minimum absolute atomic E-state index is 0.00734. The zero-order valence-electron chi connectivity index (χ0n) is 19.5. The number of carboxylic acids is 1. The zero-order chi connectivity index (χ0) is 24.0. The summed E-state index contributed by atoms with van der Waals surface area (Å²) >= 11 is 0. The van der Waals surface area contributed by atoms with Crippen LogP contribution in [0, 0.1) is 17.3 Å². The number of carboxylic acid groups (broad SMARTS) is 1. The monoisotopic (exact) mass is 462 g/mol. The Morgan fingerprint density at radius 2 is 1.71 bits per heavy atom. The standard InChI is InChI=1S/C27H30N2O5/c1-16(24(30)31)14-29(2)25(32)27-12-17(27)11-18(13-27)28-26(33)34-15-23-21-9-5-3-7-19(21)20-8-4-6-10-22(20)23/h3-10,16-18,23H,11-15H2,1-2H3,(H,28,33)(H,30,31)/t16?,17-,18+,27+/m0/s1. The first-order chi connectivity index (χ1) is 16.3. The molecule has 0 radical (unpaired) electrons. The number of hydrogen-bond acceptors (Lipinski definition) is 4. The van der Waals surface area contributed by atoms with E-state index >= 15 is 0 Å². The highest BCUT2D eigenvalue weighted by molar-refractivity contribution is 5.87. The second kappa shape index (κ2) is 8.46. The molecule has 0 heterocycles. The molecule has 2 aromatic carbocycles. The Kier molecular flexibility index (Phi) is 5.58. The number of nitrogens with zero attached hydrogens (tertiary/aromatic N) is 1. The van der Waals surface area contributed by atoms with Crippen molar-refractivity contribution in [1.82, 2.24) is 10.2 Å². The maximum absolute atomic E-state index is 13.0. The normalized spacial score (nSPS) is 25.0. The van der Waals surface area contributed by atoms with E-state index in [4.69, 9.17) is 9.84 Å². The van der Waals surface area contributed by atoms with Crippen molar-refractivity contribution >= 4 is 18.0 Å². The van der Waals surface area contributed by atoms with E-state index in [-0.39, 0.29) is 36.9 Å². The Labute approximate surface area is 199 Å². The predicted octanol–water partition coefficient (Wildman–Crippen LogP) is 3.87. The van der Waals surface area contributed by atoms with Crippen LogP contribution in [0.1, 0.15) is 43.2 Å². The van der Waals surface area contributed by atoms with Crippen LogP contribution >= 0.6 is 0 Å². The van der Waals surface area contributed by atoms with Crippen molar-refractivity contribution < 1.29 is 24.2 Å². The van der Waals surface area contributed by atoms with E-state index in [2.05, 4.69) is 29.6 Å². The molecule has 0 saturated heterocycles. The molecule has 0 aliphatic heterocycles. The average molecular weight is 463 g/mol. The third-order valence-electron chi connectivity index (χ3n) is 7.82. The highest BCUT2D eigenvalue weighted by Crippen LogP contribution is 2.64. The highest BCUT2D eigenvalue weighted by Gasteiger charge is 2.65. The van der Waals surface area contributed by atoms with Crippen molar-refractivity contribution in [3.8, 4) is 11.1 Å². The van der Waals surface area contributed by atoms with Gasteiger partial charge < -0.3 is 20.1 Å². The summed E-state index contributed by atoms with van der Waals surface area (Å²) in [6, 6.07) is 16.3. The predicted molar refractivity (Wildman–Crippen MR) is 126 cm³/mol. The van der Waals surface area contributed by atoms with Gasteiger partial charge in [0, 0.05) is 25.6 Å². The SMILES string of the molecule is CC(CN(C)C(=O)[C@]12C[C@H](NC(=O)OCC3c4ccccc4-c4ccccc43)C[C@H]1C2)C(=O)O. The lowest BCUT2D eigenvalue weighted by atomic mass is 9.98. The number of carbonyl (C=O) groups excluding carboxylic acids is 2. The number of nitrogens with one attached hydrogen (secondary N) is 1. The number of hydrogen-bond donors (Lipinski definition) is 2. The Morgan fingerprint density at radius 1 is 1.09 bits per heavy atom. The van der Waals surface area contributed by atoms with Crippen molar-refractivity contribution in [2.24, 2.45) is 17.3 Å². The van der Waals surface area contributed by atoms with Gasteiger partial charge in [-0.2, -0.15) is 0 Å². The quantitative estimate of drug-likeness (QED) is 0.651. The molecule has 0 spiro atoms. The van der Waals surface area contributed by atoms with Crippen molar-refractivity contribution in [2.45, 2.75) is 38.1 Å². The van der Waals surface area contributed by atoms with Crippen LogP contribution in [0.3, 0.4) is 0 Å². The van der Waals surface area contributed by atoms with Crippen LogP contribution in [0.2, 0.25) is 0 Å². The Bertz CT molecular complexity index is 1100. The number of rotatable bonds is 7. The van der Waals surface area contributed by atoms with Gasteiger partial charge in [-0.3, -0.25) is 9.59 Å². The van der Waals surface area contributed by atoms with E-state index in [0.29, 0.717) is 6.42 Å². The molecule has 34 heavy (non-hydrogen) atoms. The largest absolute Gasteiger partial charge is 0.481 e. The van der Waals surface area contributed by atoms with Gasteiger partial charge >= 0.3 is 12.1 Å². The van der Waals surface area contributed by atoms with Gasteiger partial charge in [0.15, 0.2) is 0 Å². The van der Waals surface area contributed by atoms with Gasteiger partial charge in [0.2, 0.25) is 5.91 Å². The number of alkyl carbamates (subject to hydrolysis) is 1. The molecule has 7 nitrogen and oxygen atoms in total. The van der Waals surface area contributed by atoms with Crippen molar-refractivity contribution in [3.05, 3.63) is 59.7 Å². The van der Waals surface area contributed by atoms with Gasteiger partial charge in [0.05, 0.1) is 11.3 Å². The summed E-state index contributed by atoms with van der Waals surface area (Å²) in [5, 5.41) is 12.1. The summed E-state index contributed by atoms with van der Waals surface area (Å²) in [5.74, 6) is -1.29. The molecule has 3 aliphatic rings. The van der Waals surface area contributed by atoms with Crippen LogP contribution in [0.4, 0.5) is 4.79 Å². The number of aliphatic carboxylic acids is 1. The first-order valence-corrected chi connectivity index (χ1v) is 11.9. The first kappa shape index (κ1) is 22.4. The molecule has 0 aromatic heterocycles. The average Bonchev–Trinajstić information content (AvgIpc) is 3.25. The summed E-state index contributed by atoms with van der Waals surface area (Å²) in [6.07, 6.45) is 1.68. The second-order valence-electron chi connectivity index (χ2n) is 10.1. The van der Waals surface area contributed by atoms with E-state index in [1.807, 2.05) is 24.3 Å². The molecule has 2 N–H and O–H groups in total. The van der Waals surface area contributed by atoms with Crippen molar-refractivity contribution in [2.75, 3.05) is 20.2 Å². The third kappa shape index (κ3) is 3.83. The summed E-state index contributed by atoms with van der Waals surface area (Å²) in [7, 11) is 1.66. The molecular formula is C27H30N2O5. The van der Waals surface area contributed by atoms with E-state index < -0.39 is 23.4 Å². The number of ether oxygens (including phenoxy) is 1. The molecule has 2 aromatic rings. The maximum Gasteiger partial charge on any atom is 0.407 e. The highest BCUT2D eigenvalue weighted by atomic mass is 16.5. The lowest BCUT2D eigenvalue weighted by Gasteiger charge is -2.25. The summed E-state index contributed by atoms with van der Waals surface area (Å²) in [5.41, 5.74) is 4.24. The Morgan fingerprint density at radius 3 is 2.32 bits per heavy atom. The number of carbonyl (C=O) groups is 3. The second-order valence-corrected chi connectivity index (χ2v) is 10.1. The van der Waals surface area contributed by atoms with Gasteiger partial charge in [0.1, 0.15) is 6.61 Å². The van der Waals surface area contributed by atoms with Gasteiger partial charge in [-0.25, -0.2) is 4.79 Å². The fourth-order valence-corrected chi connectivity index (χ4v) is 6.02. The summed E-state index contributed by atoms with van der Waals surface area (Å²) in [6.45, 7) is 2.05. The molecular weight excluding hydrogens is 432 g/mol. The molecule has 0 bridgehead atoms. The molecule has 178 valence electrons. The first-order valence-electron chi connectivity index (χ1n) is 11.9. The van der Waals surface area contributed by atoms with E-state index in [1.54, 1.807) is 14.0 Å². The van der Waals surface area contributed by atoms with Gasteiger partial charge in [-0.15, -0.1) is 0 Å². The van der Waals surface area contributed by atoms with Gasteiger partial charge in [-0.1, -0.05) is 55.5 Å². The molecule has 2 saturated carbocycles. The molecule has 2 amide bonds. The van der Waals surface area contributed by atoms with E-state index in [1.165, 1.54) is 27.2 Å². The van der Waals surface area contributed by atoms with Crippen LogP contribution in [0.25, 0.3) is 11.1 Å². The van der Waals surface area contributed by atoms with Crippen LogP contribution in [-0.4, -0.2) is 54.2 Å². The minimum Gasteiger partial charge on any atom is -0.481 e. The molecule has 7 heteroatoms. The number of amides is 2. The zero-order valence-corrected chi connectivity index (χ0v) is 19.5. The molecule has 1 unspecified atom stereocenters. The van der Waals surface area contributed by atoms with Crippen molar-refractivity contribution in [1.29, 1.82) is 0 Å². The third-order valence-corrected chi connectivity index (χ3v) is 7.82. The number of benzene rings is 2. The maximum atomic E-state index is 13.0. The van der Waals surface area contributed by atoms with Crippen LogP contribution in [0.5, 0.6) is 0 Å². The lowest BCUT2D eigenvalue weighted by Crippen LogP contribution is -2.41. The van der Waals surface area contributed by atoms with Gasteiger partial charge in [-0.05, 0) is 47.4 Å². The smallest absolute Gasteiger partial charge is 0.407 e. The van der Waals surface area contributed by atoms with Crippen LogP contribution in [0.15, 0.2) is 48.5 Å². The minimum atomic E-state index is -0.911. The Hall–Kier alpha value is -3.35. The van der Waals surface area contributed by atoms with E-state index in [0.717, 1.165) is 12.8 Å². The fraction of sp³-hybridized carbons (Fsp3) is 0.444. The fourth-order valence-electron chi connectivity index (χ4n) is 6.02. The lowest BCUT2D eigenvalue weighted by molar-refractivity contribution is -0.143. The summed E-state index contributed by atoms with van der Waals surface area (Å²) < 4.78 is 5.66. The van der Waals surface area contributed by atoms with E-state index in [9.17, 15) is 14.4 Å². The van der Waals surface area contributed by atoms with Crippen LogP contribution < -0.4 is 5.32 Å². The molecule has 3 aliphatic carbocycles. The van der Waals surface area contributed by atoms with Crippen LogP contribution in [-0.2, 0) is 14.3 Å². The topological polar surface area (TPSA) is 95.9 Å². The number of fused-ring (bicyclic) bond motifs is 4. The summed E-state index contributed by atoms with van der Waals surface area (Å²) in [4.78, 5) is 38.3. The van der Waals surface area contributed by atoms with Gasteiger partial charge in [0.25, 0.3) is 0 Å². The molecule has 4 atom stereocenters. The van der Waals surface area contributed by atoms with Crippen molar-refractivity contribution in [3.63, 3.8) is 0 Å². The Balaban J connectivity index is 1.17. The molecule has 2 fully saturated rings. The molecule has 5 rings (SSSR count).